The van der Waals surface area contributed by atoms with Crippen LogP contribution in [0.3, 0.4) is 0 Å². The molecule has 0 rings (SSSR count). The summed E-state index contributed by atoms with van der Waals surface area (Å²) in [7, 11) is 0. The maximum Gasteiger partial charge on any atom is 0.417 e. The highest BCUT2D eigenvalue weighted by molar-refractivity contribution is 5.38. The van der Waals surface area contributed by atoms with Crippen LogP contribution in [0.15, 0.2) is 12.7 Å². The van der Waals surface area contributed by atoms with Crippen molar-refractivity contribution in [3.63, 3.8) is 0 Å². The van der Waals surface area contributed by atoms with E-state index in [1.807, 2.05) is 6.92 Å². The van der Waals surface area contributed by atoms with Crippen LogP contribution in [-0.4, -0.2) is 12.6 Å². The van der Waals surface area contributed by atoms with Gasteiger partial charge < -0.3 is 4.74 Å². The monoisotopic (exact) mass is 127 g/mol. The normalized spacial score (nSPS) is 15.8. The summed E-state index contributed by atoms with van der Waals surface area (Å²) in [4.78, 5) is 9.65. The molecule has 0 aliphatic rings. The van der Waals surface area contributed by atoms with Crippen molar-refractivity contribution in [2.75, 3.05) is 0 Å². The average molecular weight is 127 g/mol. The second-order valence-electron chi connectivity index (χ2n) is 2.00. The molecule has 0 aromatic carbocycles. The fourth-order valence-corrected chi connectivity index (χ4v) is 0.375. The largest absolute Gasteiger partial charge is 0.454 e. The van der Waals surface area contributed by atoms with Gasteiger partial charge in [0.15, 0.2) is 0 Å². The third-order valence-corrected chi connectivity index (χ3v) is 1.35. The second-order valence-corrected chi connectivity index (χ2v) is 2.00. The highest BCUT2D eigenvalue weighted by atomic mass is 16.5. The van der Waals surface area contributed by atoms with Gasteiger partial charge in [-0.05, 0) is 6.92 Å². The lowest BCUT2D eigenvalue weighted by Gasteiger charge is -2.12. The molecule has 0 aliphatic heterocycles. The summed E-state index contributed by atoms with van der Waals surface area (Å²) >= 11 is 0. The van der Waals surface area contributed by atoms with Crippen LogP contribution in [0.5, 0.6) is 0 Å². The number of ether oxygens (including phenoxy) is 1. The Morgan fingerprint density at radius 3 is 2.56 bits per heavy atom. The first kappa shape index (κ1) is 8.21. The molecule has 9 heavy (non-hydrogen) atoms. The zero-order valence-corrected chi connectivity index (χ0v) is 5.76. The zero-order valence-electron chi connectivity index (χ0n) is 5.76. The molecule has 2 heteroatoms. The van der Waals surface area contributed by atoms with Crippen molar-refractivity contribution >= 4 is 6.47 Å². The first-order valence-electron chi connectivity index (χ1n) is 2.87. The van der Waals surface area contributed by atoms with E-state index in [2.05, 4.69) is 11.3 Å². The molecule has 1 radical (unpaired) electrons. The van der Waals surface area contributed by atoms with E-state index >= 15 is 0 Å². The van der Waals surface area contributed by atoms with Gasteiger partial charge in [-0.15, -0.1) is 6.58 Å². The van der Waals surface area contributed by atoms with Gasteiger partial charge in [0.25, 0.3) is 0 Å². The van der Waals surface area contributed by atoms with Crippen molar-refractivity contribution in [3.05, 3.63) is 12.7 Å². The van der Waals surface area contributed by atoms with E-state index in [1.165, 1.54) is 6.47 Å². The Morgan fingerprint density at radius 2 is 2.22 bits per heavy atom. The minimum atomic E-state index is -0.111. The molecule has 2 nitrogen and oxygen atoms in total. The van der Waals surface area contributed by atoms with Crippen LogP contribution in [0.1, 0.15) is 13.8 Å². The molecule has 0 amide bonds. The molecule has 0 spiro atoms. The van der Waals surface area contributed by atoms with Crippen LogP contribution in [0.25, 0.3) is 0 Å². The molecule has 0 aromatic heterocycles. The number of carbonyl (C=O) groups excluding carboxylic acids is 1. The fourth-order valence-electron chi connectivity index (χ4n) is 0.375. The number of rotatable bonds is 4. The van der Waals surface area contributed by atoms with Gasteiger partial charge in [0.05, 0.1) is 0 Å². The Labute approximate surface area is 55.5 Å². The van der Waals surface area contributed by atoms with Crippen molar-refractivity contribution in [2.24, 2.45) is 5.92 Å². The minimum absolute atomic E-state index is 0.111. The minimum Gasteiger partial charge on any atom is -0.454 e. The molecule has 0 saturated carbocycles. The predicted octanol–water partition coefficient (Wildman–Crippen LogP) is 1.28. The fraction of sp³-hybridized carbons (Fsp3) is 0.571. The summed E-state index contributed by atoms with van der Waals surface area (Å²) in [5.41, 5.74) is 0. The molecule has 0 bridgehead atoms. The van der Waals surface area contributed by atoms with Crippen LogP contribution < -0.4 is 0 Å². The van der Waals surface area contributed by atoms with Crippen LogP contribution in [-0.2, 0) is 9.53 Å². The van der Waals surface area contributed by atoms with Gasteiger partial charge in [0.2, 0.25) is 0 Å². The maximum atomic E-state index is 9.65. The predicted molar refractivity (Wildman–Crippen MR) is 35.6 cm³/mol. The Hall–Kier alpha value is -0.790. The van der Waals surface area contributed by atoms with Gasteiger partial charge in [-0.1, -0.05) is 13.0 Å². The van der Waals surface area contributed by atoms with E-state index in [9.17, 15) is 4.79 Å². The molecule has 2 unspecified atom stereocenters. The van der Waals surface area contributed by atoms with Crippen molar-refractivity contribution in [2.45, 2.75) is 20.0 Å². The molecular formula is C7H11O2. The molecule has 0 fully saturated rings. The lowest BCUT2D eigenvalue weighted by molar-refractivity contribution is 0.160. The Kier molecular flexibility index (Phi) is 3.76. The van der Waals surface area contributed by atoms with Crippen molar-refractivity contribution in [3.8, 4) is 0 Å². The number of hydrogen-bond acceptors (Lipinski definition) is 2. The van der Waals surface area contributed by atoms with E-state index in [-0.39, 0.29) is 12.0 Å². The molecule has 0 heterocycles. The lowest BCUT2D eigenvalue weighted by atomic mass is 10.1. The van der Waals surface area contributed by atoms with Crippen molar-refractivity contribution in [1.29, 1.82) is 0 Å². The van der Waals surface area contributed by atoms with Crippen molar-refractivity contribution in [1.82, 2.24) is 0 Å². The quantitative estimate of drug-likeness (QED) is 0.532. The second kappa shape index (κ2) is 4.13. The first-order chi connectivity index (χ1) is 4.22. The standard InChI is InChI=1S/C7H11O2/c1-4-6(2)7(3)9-5-8/h4,6-7H,1H2,2-3H3. The molecule has 0 N–H and O–H groups in total. The van der Waals surface area contributed by atoms with E-state index in [0.29, 0.717) is 0 Å². The van der Waals surface area contributed by atoms with Crippen LogP contribution in [0.4, 0.5) is 0 Å². The first-order valence-corrected chi connectivity index (χ1v) is 2.87. The zero-order chi connectivity index (χ0) is 7.28. The number of hydrogen-bond donors (Lipinski definition) is 0. The maximum absolute atomic E-state index is 9.65. The highest BCUT2D eigenvalue weighted by Crippen LogP contribution is 2.05. The van der Waals surface area contributed by atoms with Gasteiger partial charge >= 0.3 is 6.47 Å². The summed E-state index contributed by atoms with van der Waals surface area (Å²) < 4.78 is 4.52. The lowest BCUT2D eigenvalue weighted by Crippen LogP contribution is -2.14. The Morgan fingerprint density at radius 1 is 1.67 bits per heavy atom. The van der Waals surface area contributed by atoms with Crippen molar-refractivity contribution < 1.29 is 9.53 Å². The Bertz CT molecular complexity index is 99.1. The topological polar surface area (TPSA) is 26.3 Å². The molecule has 0 saturated heterocycles. The van der Waals surface area contributed by atoms with Crippen LogP contribution >= 0.6 is 0 Å². The molecular weight excluding hydrogens is 116 g/mol. The summed E-state index contributed by atoms with van der Waals surface area (Å²) in [6, 6.07) is 0. The van der Waals surface area contributed by atoms with E-state index in [1.54, 1.807) is 13.0 Å². The van der Waals surface area contributed by atoms with Gasteiger partial charge in [-0.25, -0.2) is 4.79 Å². The van der Waals surface area contributed by atoms with E-state index in [0.717, 1.165) is 0 Å². The average Bonchev–Trinajstić information content (AvgIpc) is 1.87. The molecule has 2 atom stereocenters. The SMILES string of the molecule is C=CC(C)C(C)O[C]=O. The van der Waals surface area contributed by atoms with Crippen LogP contribution in [0, 0.1) is 5.92 Å². The summed E-state index contributed by atoms with van der Waals surface area (Å²) in [6.45, 7) is 8.67. The Balaban J connectivity index is 3.56. The third kappa shape index (κ3) is 2.90. The molecule has 0 aromatic rings. The summed E-state index contributed by atoms with van der Waals surface area (Å²) in [6.07, 6.45) is 1.63. The van der Waals surface area contributed by atoms with Gasteiger partial charge in [0, 0.05) is 5.92 Å². The highest BCUT2D eigenvalue weighted by Gasteiger charge is 2.07. The summed E-state index contributed by atoms with van der Waals surface area (Å²) in [5, 5.41) is 0. The van der Waals surface area contributed by atoms with Gasteiger partial charge in [-0.2, -0.15) is 0 Å². The molecule has 51 valence electrons. The van der Waals surface area contributed by atoms with E-state index in [4.69, 9.17) is 0 Å². The smallest absolute Gasteiger partial charge is 0.417 e. The van der Waals surface area contributed by atoms with E-state index < -0.39 is 0 Å². The van der Waals surface area contributed by atoms with Gasteiger partial charge in [-0.3, -0.25) is 0 Å². The molecule has 0 aliphatic carbocycles. The van der Waals surface area contributed by atoms with Crippen LogP contribution in [0.2, 0.25) is 0 Å². The van der Waals surface area contributed by atoms with Gasteiger partial charge in [0.1, 0.15) is 6.10 Å². The third-order valence-electron chi connectivity index (χ3n) is 1.35. The summed E-state index contributed by atoms with van der Waals surface area (Å²) in [5.74, 6) is 0.200.